The summed E-state index contributed by atoms with van der Waals surface area (Å²) >= 11 is 0. The molecule has 5 N–H and O–H groups in total. The quantitative estimate of drug-likeness (QED) is 0.480. The van der Waals surface area contributed by atoms with Gasteiger partial charge >= 0.3 is 0 Å². The molecule has 160 valence electrons. The van der Waals surface area contributed by atoms with Crippen LogP contribution in [0, 0.1) is 0 Å². The third kappa shape index (κ3) is 2.99. The SMILES string of the molecule is CC1C(=O)Nc2ncnc(N3CCNC(N)[C@]3(O)c3ccc(-c4ccn(C)n4)cc3)c21. The van der Waals surface area contributed by atoms with Crippen LogP contribution in [0.15, 0.2) is 42.9 Å². The van der Waals surface area contributed by atoms with Crippen LogP contribution in [0.2, 0.25) is 0 Å². The first kappa shape index (κ1) is 19.6. The van der Waals surface area contributed by atoms with E-state index in [4.69, 9.17) is 5.73 Å². The van der Waals surface area contributed by atoms with Crippen molar-refractivity contribution >= 4 is 17.5 Å². The first-order valence-electron chi connectivity index (χ1n) is 10.1. The van der Waals surface area contributed by atoms with Gasteiger partial charge in [0, 0.05) is 43.0 Å². The zero-order valence-corrected chi connectivity index (χ0v) is 17.3. The summed E-state index contributed by atoms with van der Waals surface area (Å²) in [6.45, 7) is 2.82. The van der Waals surface area contributed by atoms with Gasteiger partial charge in [0.2, 0.25) is 5.91 Å². The van der Waals surface area contributed by atoms with Gasteiger partial charge in [0.05, 0.1) is 11.6 Å². The predicted octanol–water partition coefficient (Wildman–Crippen LogP) is 0.472. The van der Waals surface area contributed by atoms with Crippen LogP contribution >= 0.6 is 0 Å². The lowest BCUT2D eigenvalue weighted by molar-refractivity contribution is -0.116. The highest BCUT2D eigenvalue weighted by Gasteiger charge is 2.47. The Hall–Kier alpha value is -3.34. The largest absolute Gasteiger partial charge is 0.364 e. The van der Waals surface area contributed by atoms with Crippen LogP contribution in [0.3, 0.4) is 0 Å². The molecule has 2 aliphatic rings. The Morgan fingerprint density at radius 1 is 1.23 bits per heavy atom. The maximum Gasteiger partial charge on any atom is 0.233 e. The van der Waals surface area contributed by atoms with Crippen molar-refractivity contribution in [1.29, 1.82) is 0 Å². The Bertz CT molecular complexity index is 1140. The second kappa shape index (κ2) is 7.12. The molecule has 0 saturated carbocycles. The third-order valence-electron chi connectivity index (χ3n) is 6.05. The maximum atomic E-state index is 12.2. The number of hydrogen-bond donors (Lipinski definition) is 4. The van der Waals surface area contributed by atoms with E-state index in [0.29, 0.717) is 35.9 Å². The summed E-state index contributed by atoms with van der Waals surface area (Å²) in [5, 5.41) is 22.3. The summed E-state index contributed by atoms with van der Waals surface area (Å²) in [5.74, 6) is 0.416. The summed E-state index contributed by atoms with van der Waals surface area (Å²) in [6, 6.07) is 9.44. The predicted molar refractivity (Wildman–Crippen MR) is 115 cm³/mol. The van der Waals surface area contributed by atoms with Gasteiger partial charge in [0.1, 0.15) is 24.1 Å². The van der Waals surface area contributed by atoms with Crippen molar-refractivity contribution in [3.63, 3.8) is 0 Å². The minimum absolute atomic E-state index is 0.139. The van der Waals surface area contributed by atoms with Crippen LogP contribution in [0.4, 0.5) is 11.6 Å². The number of rotatable bonds is 3. The zero-order chi connectivity index (χ0) is 21.8. The van der Waals surface area contributed by atoms with Crippen molar-refractivity contribution in [1.82, 2.24) is 25.1 Å². The number of aliphatic hydroxyl groups is 1. The highest BCUT2D eigenvalue weighted by atomic mass is 16.3. The average Bonchev–Trinajstić information content (AvgIpc) is 3.33. The molecule has 10 heteroatoms. The van der Waals surface area contributed by atoms with Crippen molar-refractivity contribution in [2.24, 2.45) is 12.8 Å². The van der Waals surface area contributed by atoms with Gasteiger partial charge in [-0.25, -0.2) is 9.97 Å². The molecule has 2 aromatic heterocycles. The van der Waals surface area contributed by atoms with E-state index in [1.54, 1.807) is 16.5 Å². The molecule has 1 amide bonds. The molecule has 1 fully saturated rings. The number of fused-ring (bicyclic) bond motifs is 1. The van der Waals surface area contributed by atoms with Crippen LogP contribution in [0.5, 0.6) is 0 Å². The summed E-state index contributed by atoms with van der Waals surface area (Å²) in [4.78, 5) is 22.6. The zero-order valence-electron chi connectivity index (χ0n) is 17.3. The first-order chi connectivity index (χ1) is 14.9. The Kier molecular flexibility index (Phi) is 4.50. The Balaban J connectivity index is 1.58. The van der Waals surface area contributed by atoms with Crippen molar-refractivity contribution < 1.29 is 9.90 Å². The van der Waals surface area contributed by atoms with Gasteiger partial charge in [-0.1, -0.05) is 24.3 Å². The van der Waals surface area contributed by atoms with Gasteiger partial charge < -0.3 is 21.1 Å². The number of nitrogens with two attached hydrogens (primary N) is 1. The number of anilines is 2. The van der Waals surface area contributed by atoms with Gasteiger partial charge in [-0.15, -0.1) is 0 Å². The molecule has 4 heterocycles. The minimum Gasteiger partial charge on any atom is -0.364 e. The number of nitrogens with one attached hydrogen (secondary N) is 2. The van der Waals surface area contributed by atoms with E-state index in [1.165, 1.54) is 6.33 Å². The lowest BCUT2D eigenvalue weighted by atomic mass is 9.93. The van der Waals surface area contributed by atoms with Crippen molar-refractivity contribution in [3.05, 3.63) is 54.0 Å². The van der Waals surface area contributed by atoms with Gasteiger partial charge in [-0.2, -0.15) is 5.10 Å². The summed E-state index contributed by atoms with van der Waals surface area (Å²) in [6.07, 6.45) is 2.50. The number of carbonyl (C=O) groups is 1. The van der Waals surface area contributed by atoms with Gasteiger partial charge in [-0.05, 0) is 13.0 Å². The molecule has 1 saturated heterocycles. The first-order valence-corrected chi connectivity index (χ1v) is 10.1. The monoisotopic (exact) mass is 420 g/mol. The van der Waals surface area contributed by atoms with E-state index >= 15 is 0 Å². The minimum atomic E-state index is -1.58. The second-order valence-electron chi connectivity index (χ2n) is 7.93. The Morgan fingerprint density at radius 2 is 2.00 bits per heavy atom. The molecule has 2 aliphatic heterocycles. The van der Waals surface area contributed by atoms with Crippen LogP contribution in [-0.4, -0.2) is 50.0 Å². The van der Waals surface area contributed by atoms with Crippen molar-refractivity contribution in [2.45, 2.75) is 24.7 Å². The highest BCUT2D eigenvalue weighted by Crippen LogP contribution is 2.42. The smallest absolute Gasteiger partial charge is 0.233 e. The standard InChI is InChI=1S/C21H24N8O2/c1-12-16-17(26-19(12)30)24-11-25-18(16)29-10-8-23-20(22)21(29,31)14-5-3-13(4-6-14)15-7-9-28(2)27-15/h3-7,9,11-12,20,23,31H,8,10,22H2,1-2H3,(H,24,25,26,30)/t12?,20?,21-/m1/s1. The van der Waals surface area contributed by atoms with E-state index < -0.39 is 17.8 Å². The van der Waals surface area contributed by atoms with Gasteiger partial charge in [0.15, 0.2) is 5.72 Å². The van der Waals surface area contributed by atoms with E-state index in [-0.39, 0.29) is 5.91 Å². The number of nitrogens with zero attached hydrogens (tertiary/aromatic N) is 5. The molecule has 10 nitrogen and oxygen atoms in total. The third-order valence-corrected chi connectivity index (χ3v) is 6.05. The molecule has 0 bridgehead atoms. The van der Waals surface area contributed by atoms with Crippen molar-refractivity contribution in [3.8, 4) is 11.3 Å². The topological polar surface area (TPSA) is 134 Å². The number of aryl methyl sites for hydroxylation is 1. The average molecular weight is 420 g/mol. The summed E-state index contributed by atoms with van der Waals surface area (Å²) < 4.78 is 1.74. The molecule has 3 aromatic rings. The van der Waals surface area contributed by atoms with Crippen LogP contribution < -0.4 is 21.3 Å². The van der Waals surface area contributed by atoms with Crippen molar-refractivity contribution in [2.75, 3.05) is 23.3 Å². The number of benzene rings is 1. The number of aromatic nitrogens is 4. The Morgan fingerprint density at radius 3 is 2.71 bits per heavy atom. The lowest BCUT2D eigenvalue weighted by Crippen LogP contribution is -2.69. The molecule has 5 rings (SSSR count). The second-order valence-corrected chi connectivity index (χ2v) is 7.93. The van der Waals surface area contributed by atoms with Gasteiger partial charge in [-0.3, -0.25) is 14.8 Å². The fourth-order valence-electron chi connectivity index (χ4n) is 4.33. The molecule has 0 aliphatic carbocycles. The number of hydrogen-bond acceptors (Lipinski definition) is 8. The number of carbonyl (C=O) groups excluding carboxylic acids is 1. The van der Waals surface area contributed by atoms with E-state index in [9.17, 15) is 9.90 Å². The fourth-order valence-corrected chi connectivity index (χ4v) is 4.33. The lowest BCUT2D eigenvalue weighted by Gasteiger charge is -2.48. The molecule has 3 atom stereocenters. The molecule has 0 radical (unpaired) electrons. The fraction of sp³-hybridized carbons (Fsp3) is 0.333. The maximum absolute atomic E-state index is 12.2. The van der Waals surface area contributed by atoms with Crippen LogP contribution in [0.1, 0.15) is 24.0 Å². The van der Waals surface area contributed by atoms with E-state index in [1.807, 2.05) is 43.6 Å². The normalized spacial score (nSPS) is 25.4. The molecule has 0 spiro atoms. The highest BCUT2D eigenvalue weighted by molar-refractivity contribution is 6.03. The van der Waals surface area contributed by atoms with Crippen LogP contribution in [0.25, 0.3) is 11.3 Å². The van der Waals surface area contributed by atoms with Gasteiger partial charge in [0.25, 0.3) is 0 Å². The van der Waals surface area contributed by atoms with E-state index in [0.717, 1.165) is 11.3 Å². The van der Waals surface area contributed by atoms with Crippen LogP contribution in [-0.2, 0) is 17.6 Å². The number of piperazine rings is 1. The van der Waals surface area contributed by atoms with E-state index in [2.05, 4.69) is 25.7 Å². The molecular weight excluding hydrogens is 396 g/mol. The Labute approximate surface area is 179 Å². The molecule has 1 aromatic carbocycles. The summed E-state index contributed by atoms with van der Waals surface area (Å²) in [5.41, 5.74) is 7.88. The summed E-state index contributed by atoms with van der Waals surface area (Å²) in [7, 11) is 1.87. The number of amides is 1. The molecular formula is C21H24N8O2. The molecule has 2 unspecified atom stereocenters. The molecule has 31 heavy (non-hydrogen) atoms.